The molecule has 0 aliphatic carbocycles. The molecule has 0 aromatic heterocycles. The van der Waals surface area contributed by atoms with E-state index in [-0.39, 0.29) is 6.61 Å². The molecule has 0 saturated carbocycles. The molecule has 3 nitrogen and oxygen atoms in total. The first-order valence-corrected chi connectivity index (χ1v) is 6.33. The first-order valence-electron chi connectivity index (χ1n) is 5.54. The number of anilines is 1. The van der Waals surface area contributed by atoms with Crippen LogP contribution in [-0.2, 0) is 6.54 Å². The highest BCUT2D eigenvalue weighted by Crippen LogP contribution is 2.21. The molecule has 3 N–H and O–H groups in total. The molecule has 0 aliphatic heterocycles. The number of nitrogens with zero attached hydrogens (tertiary/aromatic N) is 1. The normalized spacial score (nSPS) is 11.0. The van der Waals surface area contributed by atoms with Crippen molar-refractivity contribution in [3.8, 4) is 0 Å². The zero-order valence-corrected chi connectivity index (χ0v) is 11.2. The molecule has 0 spiro atoms. The van der Waals surface area contributed by atoms with E-state index in [0.29, 0.717) is 6.54 Å². The van der Waals surface area contributed by atoms with Crippen LogP contribution in [0.4, 0.5) is 5.69 Å². The van der Waals surface area contributed by atoms with E-state index in [1.165, 1.54) is 5.56 Å². The fourth-order valence-electron chi connectivity index (χ4n) is 1.66. The number of benzene rings is 1. The number of rotatable bonds is 6. The third-order valence-electron chi connectivity index (χ3n) is 2.43. The number of halogens is 1. The minimum atomic E-state index is 0.201. The van der Waals surface area contributed by atoms with Gasteiger partial charge in [-0.2, -0.15) is 0 Å². The summed E-state index contributed by atoms with van der Waals surface area (Å²) in [5, 5.41) is 8.98. The summed E-state index contributed by atoms with van der Waals surface area (Å²) in [6, 6.07) is 5.85. The number of hydrogen-bond acceptors (Lipinski definition) is 3. The van der Waals surface area contributed by atoms with Crippen molar-refractivity contribution >= 4 is 21.6 Å². The number of hydrogen-bond donors (Lipinski definition) is 2. The fraction of sp³-hybridized carbons (Fsp3) is 0.500. The molecule has 16 heavy (non-hydrogen) atoms. The molecule has 0 aliphatic rings. The van der Waals surface area contributed by atoms with Crippen LogP contribution in [0.15, 0.2) is 22.7 Å². The second kappa shape index (κ2) is 6.89. The maximum absolute atomic E-state index is 8.98. The van der Waals surface area contributed by atoms with Gasteiger partial charge < -0.3 is 10.8 Å². The summed E-state index contributed by atoms with van der Waals surface area (Å²) in [4.78, 5) is 2.23. The number of aliphatic hydroxyl groups excluding tert-OH is 1. The molecule has 0 radical (unpaired) electrons. The first-order chi connectivity index (χ1) is 7.67. The van der Waals surface area contributed by atoms with E-state index < -0.39 is 0 Å². The lowest BCUT2D eigenvalue weighted by Crippen LogP contribution is -2.27. The van der Waals surface area contributed by atoms with Crippen LogP contribution in [0.1, 0.15) is 18.9 Å². The lowest BCUT2D eigenvalue weighted by atomic mass is 10.2. The maximum atomic E-state index is 8.98. The highest BCUT2D eigenvalue weighted by atomic mass is 79.9. The predicted octanol–water partition coefficient (Wildman–Crippen LogP) is 2.24. The van der Waals surface area contributed by atoms with Crippen LogP contribution in [0.2, 0.25) is 0 Å². The van der Waals surface area contributed by atoms with Crippen LogP contribution in [0.5, 0.6) is 0 Å². The van der Waals surface area contributed by atoms with Crippen molar-refractivity contribution < 1.29 is 5.11 Å². The van der Waals surface area contributed by atoms with Gasteiger partial charge in [-0.15, -0.1) is 0 Å². The van der Waals surface area contributed by atoms with Crippen molar-refractivity contribution in [2.75, 3.05) is 25.4 Å². The van der Waals surface area contributed by atoms with Crippen LogP contribution in [-0.4, -0.2) is 29.7 Å². The third kappa shape index (κ3) is 4.12. The zero-order chi connectivity index (χ0) is 12.0. The molecule has 1 aromatic carbocycles. The topological polar surface area (TPSA) is 49.5 Å². The second-order valence-electron chi connectivity index (χ2n) is 3.85. The zero-order valence-electron chi connectivity index (χ0n) is 9.62. The second-order valence-corrected chi connectivity index (χ2v) is 4.70. The molecule has 0 saturated heterocycles. The Kier molecular flexibility index (Phi) is 5.80. The third-order valence-corrected chi connectivity index (χ3v) is 3.17. The summed E-state index contributed by atoms with van der Waals surface area (Å²) in [6.45, 7) is 4.90. The van der Waals surface area contributed by atoms with Gasteiger partial charge in [0.05, 0.1) is 6.61 Å². The number of aliphatic hydroxyl groups is 1. The smallest absolute Gasteiger partial charge is 0.0558 e. The lowest BCUT2D eigenvalue weighted by Gasteiger charge is -2.21. The van der Waals surface area contributed by atoms with E-state index >= 15 is 0 Å². The predicted molar refractivity (Wildman–Crippen MR) is 71.2 cm³/mol. The Hall–Kier alpha value is -0.580. The minimum Gasteiger partial charge on any atom is -0.399 e. The van der Waals surface area contributed by atoms with Gasteiger partial charge in [-0.25, -0.2) is 0 Å². The standard InChI is InChI=1S/C12H19BrN2O/c1-2-5-15(6-7-16)9-10-3-4-11(14)8-12(10)13/h3-4,8,16H,2,5-7,9,14H2,1H3. The van der Waals surface area contributed by atoms with E-state index in [1.807, 2.05) is 18.2 Å². The van der Waals surface area contributed by atoms with Crippen LogP contribution >= 0.6 is 15.9 Å². The average molecular weight is 287 g/mol. The largest absolute Gasteiger partial charge is 0.399 e. The molecule has 0 unspecified atom stereocenters. The summed E-state index contributed by atoms with van der Waals surface area (Å²) in [5.74, 6) is 0. The molecule has 1 aromatic rings. The van der Waals surface area contributed by atoms with Crippen molar-refractivity contribution in [2.24, 2.45) is 0 Å². The fourth-order valence-corrected chi connectivity index (χ4v) is 2.18. The summed E-state index contributed by atoms with van der Waals surface area (Å²) in [5.41, 5.74) is 7.66. The summed E-state index contributed by atoms with van der Waals surface area (Å²) in [6.07, 6.45) is 1.09. The van der Waals surface area contributed by atoms with E-state index in [9.17, 15) is 0 Å². The van der Waals surface area contributed by atoms with Gasteiger partial charge in [0.25, 0.3) is 0 Å². The van der Waals surface area contributed by atoms with Gasteiger partial charge in [0.1, 0.15) is 0 Å². The molecule has 1 rings (SSSR count). The van der Waals surface area contributed by atoms with Gasteiger partial charge >= 0.3 is 0 Å². The van der Waals surface area contributed by atoms with E-state index in [1.54, 1.807) is 0 Å². The molecule has 4 heteroatoms. The quantitative estimate of drug-likeness (QED) is 0.789. The van der Waals surface area contributed by atoms with E-state index in [2.05, 4.69) is 27.8 Å². The number of nitrogen functional groups attached to an aromatic ring is 1. The van der Waals surface area contributed by atoms with Gasteiger partial charge in [-0.3, -0.25) is 4.90 Å². The van der Waals surface area contributed by atoms with Gasteiger partial charge in [-0.1, -0.05) is 28.9 Å². The maximum Gasteiger partial charge on any atom is 0.0558 e. The van der Waals surface area contributed by atoms with Gasteiger partial charge in [-0.05, 0) is 30.7 Å². The average Bonchev–Trinajstić information content (AvgIpc) is 2.23. The van der Waals surface area contributed by atoms with Crippen molar-refractivity contribution in [1.82, 2.24) is 4.90 Å². The Labute approximate surface area is 105 Å². The van der Waals surface area contributed by atoms with Crippen LogP contribution in [0.3, 0.4) is 0 Å². The van der Waals surface area contributed by atoms with Gasteiger partial charge in [0.2, 0.25) is 0 Å². The van der Waals surface area contributed by atoms with Crippen molar-refractivity contribution in [1.29, 1.82) is 0 Å². The minimum absolute atomic E-state index is 0.201. The molecular formula is C12H19BrN2O. The van der Waals surface area contributed by atoms with E-state index in [0.717, 1.165) is 29.7 Å². The highest BCUT2D eigenvalue weighted by molar-refractivity contribution is 9.10. The molecule has 0 heterocycles. The summed E-state index contributed by atoms with van der Waals surface area (Å²) >= 11 is 3.51. The first kappa shape index (κ1) is 13.5. The molecular weight excluding hydrogens is 268 g/mol. The SMILES string of the molecule is CCCN(CCO)Cc1ccc(N)cc1Br. The Balaban J connectivity index is 2.68. The van der Waals surface area contributed by atoms with Crippen molar-refractivity contribution in [3.63, 3.8) is 0 Å². The Morgan fingerprint density at radius 3 is 2.69 bits per heavy atom. The Morgan fingerprint density at radius 2 is 2.12 bits per heavy atom. The van der Waals surface area contributed by atoms with E-state index in [4.69, 9.17) is 10.8 Å². The van der Waals surface area contributed by atoms with Crippen LogP contribution in [0.25, 0.3) is 0 Å². The number of nitrogens with two attached hydrogens (primary N) is 1. The van der Waals surface area contributed by atoms with Crippen molar-refractivity contribution in [2.45, 2.75) is 19.9 Å². The molecule has 0 fully saturated rings. The molecule has 0 amide bonds. The van der Waals surface area contributed by atoms with Gasteiger partial charge in [0, 0.05) is 23.2 Å². The summed E-state index contributed by atoms with van der Waals surface area (Å²) < 4.78 is 1.03. The lowest BCUT2D eigenvalue weighted by molar-refractivity contribution is 0.190. The molecule has 0 bridgehead atoms. The van der Waals surface area contributed by atoms with Crippen LogP contribution < -0.4 is 5.73 Å². The molecule has 90 valence electrons. The summed E-state index contributed by atoms with van der Waals surface area (Å²) in [7, 11) is 0. The monoisotopic (exact) mass is 286 g/mol. The Morgan fingerprint density at radius 1 is 1.38 bits per heavy atom. The van der Waals surface area contributed by atoms with Crippen LogP contribution in [0, 0.1) is 0 Å². The highest BCUT2D eigenvalue weighted by Gasteiger charge is 2.07. The Bertz CT molecular complexity index is 325. The van der Waals surface area contributed by atoms with Gasteiger partial charge in [0.15, 0.2) is 0 Å². The van der Waals surface area contributed by atoms with Crippen molar-refractivity contribution in [3.05, 3.63) is 28.2 Å². The molecule has 0 atom stereocenters.